The Balaban J connectivity index is 2.83. The van der Waals surface area contributed by atoms with Crippen LogP contribution in [-0.4, -0.2) is 22.5 Å². The highest BCUT2D eigenvalue weighted by molar-refractivity contribution is 5.76. The summed E-state index contributed by atoms with van der Waals surface area (Å²) in [5.74, 6) is -0.676. The Morgan fingerprint density at radius 2 is 2.28 bits per heavy atom. The van der Waals surface area contributed by atoms with Crippen LogP contribution in [-0.2, 0) is 11.4 Å². The number of benzene rings is 1. The topological polar surface area (TPSA) is 116 Å². The second-order valence-corrected chi connectivity index (χ2v) is 3.82. The van der Waals surface area contributed by atoms with E-state index in [4.69, 9.17) is 15.6 Å². The molecule has 7 heteroatoms. The van der Waals surface area contributed by atoms with Gasteiger partial charge in [0.15, 0.2) is 0 Å². The van der Waals surface area contributed by atoms with E-state index in [1.54, 1.807) is 6.92 Å². The third-order valence-electron chi connectivity index (χ3n) is 2.40. The lowest BCUT2D eigenvalue weighted by molar-refractivity contribution is -0.385. The number of nitro benzene ring substituents is 1. The molecule has 0 aliphatic carbocycles. The second kappa shape index (κ2) is 5.97. The maximum atomic E-state index is 10.8. The molecule has 1 atom stereocenters. The summed E-state index contributed by atoms with van der Waals surface area (Å²) in [6.45, 7) is 1.27. The molecule has 0 radical (unpaired) electrons. The molecule has 0 aromatic heterocycles. The number of ether oxygens (including phenoxy) is 1. The third-order valence-corrected chi connectivity index (χ3v) is 2.40. The fourth-order valence-corrected chi connectivity index (χ4v) is 1.24. The molecule has 7 nitrogen and oxygen atoms in total. The molecular formula is C11H14N2O5. The number of nitrogens with two attached hydrogens (primary N) is 1. The van der Waals surface area contributed by atoms with Gasteiger partial charge in [-0.15, -0.1) is 0 Å². The first-order valence-electron chi connectivity index (χ1n) is 5.26. The van der Waals surface area contributed by atoms with Crippen molar-refractivity contribution in [2.24, 2.45) is 11.7 Å². The number of rotatable bonds is 6. The zero-order valence-electron chi connectivity index (χ0n) is 9.83. The van der Waals surface area contributed by atoms with Crippen LogP contribution < -0.4 is 10.5 Å². The lowest BCUT2D eigenvalue weighted by Gasteiger charge is -2.12. The summed E-state index contributed by atoms with van der Waals surface area (Å²) in [6, 6.07) is 3.88. The molecule has 0 fully saturated rings. The van der Waals surface area contributed by atoms with Gasteiger partial charge in [-0.05, 0) is 6.07 Å². The predicted molar refractivity (Wildman–Crippen MR) is 62.9 cm³/mol. The van der Waals surface area contributed by atoms with Gasteiger partial charge in [-0.1, -0.05) is 6.92 Å². The minimum Gasteiger partial charge on any atom is -0.492 e. The Morgan fingerprint density at radius 1 is 1.61 bits per heavy atom. The summed E-state index contributed by atoms with van der Waals surface area (Å²) in [6.07, 6.45) is 0. The summed E-state index contributed by atoms with van der Waals surface area (Å²) < 4.78 is 5.30. The maximum absolute atomic E-state index is 10.8. The summed E-state index contributed by atoms with van der Waals surface area (Å²) in [7, 11) is 0. The molecule has 0 heterocycles. The van der Waals surface area contributed by atoms with Crippen molar-refractivity contribution < 1.29 is 19.6 Å². The van der Waals surface area contributed by atoms with E-state index in [2.05, 4.69) is 0 Å². The molecule has 0 spiro atoms. The Hall–Kier alpha value is -2.15. The average Bonchev–Trinajstić information content (AvgIpc) is 2.35. The van der Waals surface area contributed by atoms with Crippen molar-refractivity contribution >= 4 is 11.6 Å². The summed E-state index contributed by atoms with van der Waals surface area (Å²) in [5.41, 5.74) is 5.24. The van der Waals surface area contributed by atoms with Gasteiger partial charge in [-0.3, -0.25) is 14.9 Å². The van der Waals surface area contributed by atoms with Crippen LogP contribution in [0.1, 0.15) is 12.5 Å². The number of hydrogen-bond acceptors (Lipinski definition) is 5. The molecule has 18 heavy (non-hydrogen) atoms. The largest absolute Gasteiger partial charge is 0.492 e. The Morgan fingerprint density at radius 3 is 2.78 bits per heavy atom. The van der Waals surface area contributed by atoms with E-state index in [9.17, 15) is 14.9 Å². The highest BCUT2D eigenvalue weighted by atomic mass is 16.6. The minimum absolute atomic E-state index is 0.0557. The first-order chi connectivity index (χ1) is 8.45. The Labute approximate surface area is 103 Å². The molecule has 1 unspecified atom stereocenters. The van der Waals surface area contributed by atoms with Gasteiger partial charge in [0.05, 0.1) is 24.1 Å². The molecule has 0 aliphatic rings. The lowest BCUT2D eigenvalue weighted by Crippen LogP contribution is -2.26. The van der Waals surface area contributed by atoms with Gasteiger partial charge in [0, 0.05) is 17.7 Å². The van der Waals surface area contributed by atoms with Crippen molar-refractivity contribution in [3.8, 4) is 5.75 Å². The van der Waals surface area contributed by atoms with E-state index in [1.165, 1.54) is 18.2 Å². The van der Waals surface area contributed by atoms with Crippen LogP contribution in [0.3, 0.4) is 0 Å². The van der Waals surface area contributed by atoms with Crippen LogP contribution in [0.2, 0.25) is 0 Å². The molecule has 98 valence electrons. The molecule has 1 amide bonds. The first kappa shape index (κ1) is 13.9. The normalized spacial score (nSPS) is 11.9. The smallest absolute Gasteiger partial charge is 0.270 e. The Bertz CT molecular complexity index is 461. The summed E-state index contributed by atoms with van der Waals surface area (Å²) in [4.78, 5) is 20.8. The number of aliphatic hydroxyl groups excluding tert-OH is 1. The van der Waals surface area contributed by atoms with Gasteiger partial charge in [0.2, 0.25) is 5.91 Å². The molecule has 1 rings (SSSR count). The molecular weight excluding hydrogens is 240 g/mol. The monoisotopic (exact) mass is 254 g/mol. The highest BCUT2D eigenvalue weighted by Gasteiger charge is 2.14. The van der Waals surface area contributed by atoms with Gasteiger partial charge >= 0.3 is 0 Å². The van der Waals surface area contributed by atoms with E-state index >= 15 is 0 Å². The van der Waals surface area contributed by atoms with Crippen molar-refractivity contribution in [2.75, 3.05) is 6.61 Å². The standard InChI is InChI=1S/C11H14N2O5/c1-7(11(12)15)6-18-10-3-2-9(13(16)17)4-8(10)5-14/h2-4,7,14H,5-6H2,1H3,(H2,12,15). The quantitative estimate of drug-likeness (QED) is 0.569. The van der Waals surface area contributed by atoms with E-state index < -0.39 is 16.7 Å². The number of amides is 1. The molecule has 3 N–H and O–H groups in total. The van der Waals surface area contributed by atoms with Crippen LogP contribution in [0.5, 0.6) is 5.75 Å². The van der Waals surface area contributed by atoms with Crippen molar-refractivity contribution in [1.82, 2.24) is 0 Å². The third kappa shape index (κ3) is 3.42. The number of nitro groups is 1. The van der Waals surface area contributed by atoms with Gasteiger partial charge in [-0.2, -0.15) is 0 Å². The number of carbonyl (C=O) groups excluding carboxylic acids is 1. The van der Waals surface area contributed by atoms with Crippen LogP contribution in [0, 0.1) is 16.0 Å². The van der Waals surface area contributed by atoms with Crippen LogP contribution in [0.25, 0.3) is 0 Å². The molecule has 0 aliphatic heterocycles. The minimum atomic E-state index is -0.561. The zero-order valence-corrected chi connectivity index (χ0v) is 9.83. The van der Waals surface area contributed by atoms with Crippen molar-refractivity contribution in [1.29, 1.82) is 0 Å². The number of hydrogen-bond donors (Lipinski definition) is 2. The van der Waals surface area contributed by atoms with Gasteiger partial charge in [-0.25, -0.2) is 0 Å². The molecule has 0 saturated heterocycles. The van der Waals surface area contributed by atoms with Crippen LogP contribution in [0.15, 0.2) is 18.2 Å². The van der Waals surface area contributed by atoms with Crippen molar-refractivity contribution in [3.63, 3.8) is 0 Å². The SMILES string of the molecule is CC(COc1ccc([N+](=O)[O-])cc1CO)C(N)=O. The number of nitrogens with zero attached hydrogens (tertiary/aromatic N) is 1. The number of carbonyl (C=O) groups is 1. The average molecular weight is 254 g/mol. The van der Waals surface area contributed by atoms with Crippen molar-refractivity contribution in [3.05, 3.63) is 33.9 Å². The lowest BCUT2D eigenvalue weighted by atomic mass is 10.1. The van der Waals surface area contributed by atoms with Gasteiger partial charge < -0.3 is 15.6 Å². The van der Waals surface area contributed by atoms with E-state index in [-0.39, 0.29) is 18.9 Å². The first-order valence-corrected chi connectivity index (χ1v) is 5.26. The Kier molecular flexibility index (Phi) is 4.61. The van der Waals surface area contributed by atoms with Gasteiger partial charge in [0.1, 0.15) is 5.75 Å². The number of aliphatic hydroxyl groups is 1. The predicted octanol–water partition coefficient (Wildman–Crippen LogP) is 0.587. The second-order valence-electron chi connectivity index (χ2n) is 3.82. The maximum Gasteiger partial charge on any atom is 0.270 e. The summed E-state index contributed by atoms with van der Waals surface area (Å²) in [5, 5.41) is 19.7. The molecule has 0 saturated carbocycles. The fourth-order valence-electron chi connectivity index (χ4n) is 1.24. The molecule has 1 aromatic carbocycles. The van der Waals surface area contributed by atoms with E-state index in [1.807, 2.05) is 0 Å². The number of non-ortho nitro benzene ring substituents is 1. The van der Waals surface area contributed by atoms with Crippen LogP contribution in [0.4, 0.5) is 5.69 Å². The highest BCUT2D eigenvalue weighted by Crippen LogP contribution is 2.24. The summed E-state index contributed by atoms with van der Waals surface area (Å²) >= 11 is 0. The van der Waals surface area contributed by atoms with Crippen LogP contribution >= 0.6 is 0 Å². The fraction of sp³-hybridized carbons (Fsp3) is 0.364. The molecule has 1 aromatic rings. The zero-order chi connectivity index (χ0) is 13.7. The van der Waals surface area contributed by atoms with Gasteiger partial charge in [0.25, 0.3) is 5.69 Å². The van der Waals surface area contributed by atoms with E-state index in [0.717, 1.165) is 0 Å². The number of primary amides is 1. The van der Waals surface area contributed by atoms with E-state index in [0.29, 0.717) is 11.3 Å². The molecule has 0 bridgehead atoms. The van der Waals surface area contributed by atoms with Crippen molar-refractivity contribution in [2.45, 2.75) is 13.5 Å².